The molecule has 0 aromatic rings. The predicted octanol–water partition coefficient (Wildman–Crippen LogP) is 12.9. The maximum absolute atomic E-state index is 12.9. The second-order valence-corrected chi connectivity index (χ2v) is 18.3. The zero-order valence-electron chi connectivity index (χ0n) is 31.9. The van der Waals surface area contributed by atoms with Crippen molar-refractivity contribution in [2.24, 2.45) is 0 Å². The van der Waals surface area contributed by atoms with Crippen molar-refractivity contribution in [2.45, 2.75) is 213 Å². The number of thioether (sulfide) groups is 1. The number of esters is 1. The summed E-state index contributed by atoms with van der Waals surface area (Å²) in [4.78, 5) is 12.9. The van der Waals surface area contributed by atoms with Crippen LogP contribution in [0, 0.1) is 0 Å². The lowest BCUT2D eigenvalue weighted by Crippen LogP contribution is -2.47. The normalized spacial score (nSPS) is 12.2. The van der Waals surface area contributed by atoms with E-state index in [4.69, 9.17) is 18.0 Å². The summed E-state index contributed by atoms with van der Waals surface area (Å²) in [5, 5.41) is 0. The average molecular weight is 689 g/mol. The Bertz CT molecular complexity index is 602. The molecule has 0 rings (SSSR count). The Balaban J connectivity index is 5.07. The molecule has 0 unspecified atom stereocenters. The molecule has 0 amide bonds. The van der Waals surface area contributed by atoms with E-state index in [1.54, 1.807) is 11.8 Å². The van der Waals surface area contributed by atoms with E-state index in [1.807, 2.05) is 13.8 Å². The van der Waals surface area contributed by atoms with Gasteiger partial charge in [-0.2, -0.15) is 0 Å². The summed E-state index contributed by atoms with van der Waals surface area (Å²) in [6.45, 7) is 15.8. The number of hydrogen-bond acceptors (Lipinski definition) is 6. The van der Waals surface area contributed by atoms with Gasteiger partial charge in [0, 0.05) is 25.9 Å². The molecule has 0 fully saturated rings. The van der Waals surface area contributed by atoms with Crippen LogP contribution >= 0.6 is 11.8 Å². The fraction of sp³-hybridized carbons (Fsp3) is 0.974. The lowest BCUT2D eigenvalue weighted by Gasteiger charge is -2.30. The number of carbonyl (C=O) groups is 1. The first kappa shape index (κ1) is 45.9. The van der Waals surface area contributed by atoms with Crippen molar-refractivity contribution in [3.8, 4) is 0 Å². The number of rotatable bonds is 37. The van der Waals surface area contributed by atoms with Crippen molar-refractivity contribution in [3.63, 3.8) is 0 Å². The molecule has 0 saturated carbocycles. The molecule has 0 heterocycles. The van der Waals surface area contributed by atoms with Crippen molar-refractivity contribution in [3.05, 3.63) is 0 Å². The Morgan fingerprint density at radius 2 is 0.804 bits per heavy atom. The van der Waals surface area contributed by atoms with Gasteiger partial charge in [0.1, 0.15) is 4.75 Å². The number of carbonyl (C=O) groups excluding carboxylic acids is 1. The van der Waals surface area contributed by atoms with Gasteiger partial charge in [-0.1, -0.05) is 156 Å². The topological polar surface area (TPSA) is 54.0 Å². The standard InChI is InChI=1S/C39H80O5SSi/c1-7-11-15-19-23-27-32-41-38(40)39(5,6)45-36-31-37-46(42-33-28-24-20-16-12-8-2,43-34-29-25-21-17-13-9-3)44-35-30-26-22-18-14-10-4/h7-37H2,1-6H3. The third kappa shape index (κ3) is 27.8. The van der Waals surface area contributed by atoms with Crippen LogP contribution in [0.5, 0.6) is 0 Å². The molecule has 0 atom stereocenters. The van der Waals surface area contributed by atoms with E-state index in [-0.39, 0.29) is 5.97 Å². The Morgan fingerprint density at radius 3 is 1.17 bits per heavy atom. The second kappa shape index (κ2) is 33.4. The fourth-order valence-corrected chi connectivity index (χ4v) is 9.46. The molecule has 7 heteroatoms. The minimum Gasteiger partial charge on any atom is -0.465 e. The molecule has 5 nitrogen and oxygen atoms in total. The molecular formula is C39H80O5SSi. The van der Waals surface area contributed by atoms with E-state index < -0.39 is 13.6 Å². The molecule has 0 saturated heterocycles. The van der Waals surface area contributed by atoms with Crippen LogP contribution in [0.15, 0.2) is 0 Å². The third-order valence-electron chi connectivity index (χ3n) is 8.77. The van der Waals surface area contributed by atoms with Gasteiger partial charge in [0.2, 0.25) is 0 Å². The SMILES string of the molecule is CCCCCCCCOC(=O)C(C)(C)SCCC[Si](OCCCCCCCC)(OCCCCCCCC)OCCCCCCCC. The maximum atomic E-state index is 12.9. The summed E-state index contributed by atoms with van der Waals surface area (Å²) in [7, 11) is -2.81. The molecule has 0 aliphatic carbocycles. The average Bonchev–Trinajstić information content (AvgIpc) is 3.05. The van der Waals surface area contributed by atoms with Crippen LogP contribution in [0.1, 0.15) is 202 Å². The van der Waals surface area contributed by atoms with Crippen LogP contribution in [-0.4, -0.2) is 51.7 Å². The molecule has 0 N–H and O–H groups in total. The fourth-order valence-electron chi connectivity index (χ4n) is 5.57. The monoisotopic (exact) mass is 689 g/mol. The van der Waals surface area contributed by atoms with Gasteiger partial charge in [-0.15, -0.1) is 11.8 Å². The highest BCUT2D eigenvalue weighted by Crippen LogP contribution is 2.29. The smallest absolute Gasteiger partial charge is 0.465 e. The molecule has 0 aliphatic rings. The van der Waals surface area contributed by atoms with Gasteiger partial charge in [0.25, 0.3) is 0 Å². The van der Waals surface area contributed by atoms with E-state index in [0.29, 0.717) is 6.61 Å². The number of hydrogen-bond donors (Lipinski definition) is 0. The minimum atomic E-state index is -2.81. The first-order valence-electron chi connectivity index (χ1n) is 20.1. The summed E-state index contributed by atoms with van der Waals surface area (Å²) in [6.07, 6.45) is 30.5. The van der Waals surface area contributed by atoms with E-state index in [1.165, 1.54) is 122 Å². The predicted molar refractivity (Wildman–Crippen MR) is 204 cm³/mol. The Labute approximate surface area is 293 Å². The van der Waals surface area contributed by atoms with E-state index in [9.17, 15) is 4.79 Å². The molecule has 46 heavy (non-hydrogen) atoms. The van der Waals surface area contributed by atoms with Gasteiger partial charge >= 0.3 is 14.8 Å². The van der Waals surface area contributed by atoms with Gasteiger partial charge in [0.15, 0.2) is 0 Å². The van der Waals surface area contributed by atoms with Gasteiger partial charge in [-0.25, -0.2) is 0 Å². The maximum Gasteiger partial charge on any atom is 0.500 e. The lowest BCUT2D eigenvalue weighted by molar-refractivity contribution is -0.145. The molecule has 276 valence electrons. The zero-order chi connectivity index (χ0) is 34.0. The minimum absolute atomic E-state index is 0.0902. The van der Waals surface area contributed by atoms with E-state index in [0.717, 1.165) is 70.1 Å². The van der Waals surface area contributed by atoms with Crippen molar-refractivity contribution < 1.29 is 22.8 Å². The Hall–Kier alpha value is -0.0831. The lowest BCUT2D eigenvalue weighted by atomic mass is 10.1. The summed E-state index contributed by atoms with van der Waals surface area (Å²) in [6, 6.07) is 0.824. The van der Waals surface area contributed by atoms with Gasteiger partial charge in [0.05, 0.1) is 6.61 Å². The van der Waals surface area contributed by atoms with Crippen molar-refractivity contribution >= 4 is 26.5 Å². The summed E-state index contributed by atoms with van der Waals surface area (Å²) in [5.74, 6) is 0.780. The summed E-state index contributed by atoms with van der Waals surface area (Å²) >= 11 is 1.70. The number of unbranched alkanes of at least 4 members (excludes halogenated alkanes) is 20. The highest BCUT2D eigenvalue weighted by atomic mass is 32.2. The first-order chi connectivity index (χ1) is 22.4. The highest BCUT2D eigenvalue weighted by Gasteiger charge is 2.41. The van der Waals surface area contributed by atoms with E-state index in [2.05, 4.69) is 27.7 Å². The van der Waals surface area contributed by atoms with Crippen LogP contribution in [0.25, 0.3) is 0 Å². The molecule has 0 radical (unpaired) electrons. The van der Waals surface area contributed by atoms with Gasteiger partial charge in [-0.3, -0.25) is 4.79 Å². The molecule has 0 spiro atoms. The Kier molecular flexibility index (Phi) is 33.4. The van der Waals surface area contributed by atoms with Gasteiger partial charge in [-0.05, 0) is 51.7 Å². The van der Waals surface area contributed by atoms with Crippen molar-refractivity contribution in [1.82, 2.24) is 0 Å². The molecule has 0 aromatic carbocycles. The second-order valence-electron chi connectivity index (χ2n) is 13.9. The molecule has 0 aromatic heterocycles. The highest BCUT2D eigenvalue weighted by molar-refractivity contribution is 8.01. The van der Waals surface area contributed by atoms with Crippen LogP contribution in [0.2, 0.25) is 6.04 Å². The zero-order valence-corrected chi connectivity index (χ0v) is 33.7. The quantitative estimate of drug-likeness (QED) is 0.0368. The van der Waals surface area contributed by atoms with Gasteiger partial charge < -0.3 is 18.0 Å². The molecule has 0 aliphatic heterocycles. The first-order valence-corrected chi connectivity index (χ1v) is 23.0. The van der Waals surface area contributed by atoms with E-state index >= 15 is 0 Å². The summed E-state index contributed by atoms with van der Waals surface area (Å²) in [5.41, 5.74) is 0. The Morgan fingerprint density at radius 1 is 0.478 bits per heavy atom. The van der Waals surface area contributed by atoms with Crippen LogP contribution in [-0.2, 0) is 22.8 Å². The van der Waals surface area contributed by atoms with Crippen molar-refractivity contribution in [1.29, 1.82) is 0 Å². The largest absolute Gasteiger partial charge is 0.500 e. The number of ether oxygens (including phenoxy) is 1. The third-order valence-corrected chi connectivity index (χ3v) is 13.1. The van der Waals surface area contributed by atoms with Crippen molar-refractivity contribution in [2.75, 3.05) is 32.2 Å². The van der Waals surface area contributed by atoms with Crippen LogP contribution in [0.4, 0.5) is 0 Å². The molecule has 0 bridgehead atoms. The molecular weight excluding hydrogens is 609 g/mol. The summed E-state index contributed by atoms with van der Waals surface area (Å²) < 4.78 is 25.2. The van der Waals surface area contributed by atoms with Crippen LogP contribution in [0.3, 0.4) is 0 Å². The van der Waals surface area contributed by atoms with Crippen LogP contribution < -0.4 is 0 Å².